The van der Waals surface area contributed by atoms with Crippen molar-refractivity contribution in [2.45, 2.75) is 6.92 Å². The van der Waals surface area contributed by atoms with E-state index in [4.69, 9.17) is 9.84 Å². The second-order valence-electron chi connectivity index (χ2n) is 2.60. The molecule has 0 aliphatic rings. The van der Waals surface area contributed by atoms with Crippen LogP contribution < -0.4 is 0 Å². The van der Waals surface area contributed by atoms with Crippen LogP contribution in [0.15, 0.2) is 24.3 Å². The van der Waals surface area contributed by atoms with Crippen molar-refractivity contribution in [1.82, 2.24) is 0 Å². The van der Waals surface area contributed by atoms with Crippen molar-refractivity contribution in [2.75, 3.05) is 6.61 Å². The topological polar surface area (TPSA) is 63.6 Å². The van der Waals surface area contributed by atoms with Crippen molar-refractivity contribution in [3.63, 3.8) is 0 Å². The normalized spacial score (nSPS) is 8.87. The van der Waals surface area contributed by atoms with Crippen molar-refractivity contribution >= 4 is 11.9 Å². The van der Waals surface area contributed by atoms with Gasteiger partial charge in [0, 0.05) is 17.1 Å². The zero-order valence-electron chi connectivity index (χ0n) is 7.99. The summed E-state index contributed by atoms with van der Waals surface area (Å²) < 4.78 is 4.74. The number of hydrogen-bond donors (Lipinski definition) is 1. The average Bonchev–Trinajstić information content (AvgIpc) is 2.18. The Bertz CT molecular complexity index is 345. The van der Waals surface area contributed by atoms with E-state index >= 15 is 0 Å². The molecule has 1 rings (SSSR count). The molecule has 0 saturated heterocycles. The number of esters is 1. The van der Waals surface area contributed by atoms with Crippen molar-refractivity contribution in [2.24, 2.45) is 0 Å². The minimum absolute atomic E-state index is 0. The number of carbonyl (C=O) groups is 2. The molecule has 0 aliphatic carbocycles. The van der Waals surface area contributed by atoms with E-state index in [-0.39, 0.29) is 22.6 Å². The first kappa shape index (κ1) is 13.7. The van der Waals surface area contributed by atoms with Gasteiger partial charge < -0.3 is 9.84 Å². The molecule has 0 spiro atoms. The van der Waals surface area contributed by atoms with Crippen molar-refractivity contribution in [3.8, 4) is 0 Å². The first-order chi connectivity index (χ1) is 6.65. The molecule has 0 aliphatic heterocycles. The molecule has 1 N–H and O–H groups in total. The van der Waals surface area contributed by atoms with E-state index in [9.17, 15) is 9.59 Å². The second kappa shape index (κ2) is 6.22. The van der Waals surface area contributed by atoms with Gasteiger partial charge in [0.25, 0.3) is 0 Å². The quantitative estimate of drug-likeness (QED) is 0.659. The Morgan fingerprint density at radius 2 is 1.67 bits per heavy atom. The molecule has 1 aromatic rings. The summed E-state index contributed by atoms with van der Waals surface area (Å²) in [5.74, 6) is -1.45. The first-order valence-corrected chi connectivity index (χ1v) is 4.15. The standard InChI is InChI=1S/C10H10O4.Cu/c1-2-14-10(13)8-5-3-7(4-6-8)9(11)12;/h3-6H,2H2,1H3,(H,11,12);. The maximum absolute atomic E-state index is 11.2. The predicted molar refractivity (Wildman–Crippen MR) is 49.4 cm³/mol. The number of benzene rings is 1. The summed E-state index contributed by atoms with van der Waals surface area (Å²) in [6.07, 6.45) is 0. The molecule has 0 saturated carbocycles. The van der Waals surface area contributed by atoms with Crippen LogP contribution in [0.5, 0.6) is 0 Å². The number of rotatable bonds is 3. The third-order valence-electron chi connectivity index (χ3n) is 1.64. The van der Waals surface area contributed by atoms with Crippen molar-refractivity contribution < 1.29 is 36.5 Å². The second-order valence-corrected chi connectivity index (χ2v) is 2.60. The monoisotopic (exact) mass is 257 g/mol. The molecular weight excluding hydrogens is 248 g/mol. The average molecular weight is 258 g/mol. The van der Waals surface area contributed by atoms with E-state index in [1.165, 1.54) is 24.3 Å². The Labute approximate surface area is 97.7 Å². The Hall–Kier alpha value is -1.32. The fraction of sp³-hybridized carbons (Fsp3) is 0.200. The van der Waals surface area contributed by atoms with Crippen LogP contribution in [-0.2, 0) is 21.8 Å². The van der Waals surface area contributed by atoms with Crippen LogP contribution in [0.3, 0.4) is 0 Å². The minimum Gasteiger partial charge on any atom is -0.478 e. The van der Waals surface area contributed by atoms with E-state index in [1.54, 1.807) is 6.92 Å². The van der Waals surface area contributed by atoms with E-state index in [2.05, 4.69) is 0 Å². The fourth-order valence-corrected chi connectivity index (χ4v) is 0.963. The number of hydrogen-bond acceptors (Lipinski definition) is 3. The largest absolute Gasteiger partial charge is 0.478 e. The smallest absolute Gasteiger partial charge is 0.338 e. The van der Waals surface area contributed by atoms with Gasteiger partial charge in [-0.2, -0.15) is 0 Å². The van der Waals surface area contributed by atoms with E-state index in [1.807, 2.05) is 0 Å². The van der Waals surface area contributed by atoms with Gasteiger partial charge in [-0.05, 0) is 31.2 Å². The van der Waals surface area contributed by atoms with Gasteiger partial charge in [0.15, 0.2) is 0 Å². The van der Waals surface area contributed by atoms with Crippen LogP contribution >= 0.6 is 0 Å². The Balaban J connectivity index is 0.00000196. The third-order valence-corrected chi connectivity index (χ3v) is 1.64. The van der Waals surface area contributed by atoms with Crippen LogP contribution in [0.25, 0.3) is 0 Å². The third kappa shape index (κ3) is 3.73. The molecule has 15 heavy (non-hydrogen) atoms. The molecule has 0 aromatic heterocycles. The van der Waals surface area contributed by atoms with E-state index in [0.717, 1.165) is 0 Å². The van der Waals surface area contributed by atoms with Gasteiger partial charge in [-0.25, -0.2) is 9.59 Å². The van der Waals surface area contributed by atoms with Gasteiger partial charge in [0.2, 0.25) is 0 Å². The number of carboxylic acid groups (broad SMARTS) is 1. The molecule has 0 fully saturated rings. The fourth-order valence-electron chi connectivity index (χ4n) is 0.963. The van der Waals surface area contributed by atoms with Gasteiger partial charge in [-0.3, -0.25) is 0 Å². The molecular formula is C10H10CuO4. The molecule has 1 aromatic carbocycles. The van der Waals surface area contributed by atoms with Gasteiger partial charge >= 0.3 is 11.9 Å². The Morgan fingerprint density at radius 1 is 1.20 bits per heavy atom. The SMILES string of the molecule is CCOC(=O)c1ccc(C(=O)O)cc1.[Cu]. The van der Waals surface area contributed by atoms with Crippen LogP contribution in [0.4, 0.5) is 0 Å². The summed E-state index contributed by atoms with van der Waals surface area (Å²) >= 11 is 0. The Morgan fingerprint density at radius 3 is 2.07 bits per heavy atom. The molecule has 4 nitrogen and oxygen atoms in total. The zero-order chi connectivity index (χ0) is 10.6. The summed E-state index contributed by atoms with van der Waals surface area (Å²) in [7, 11) is 0. The van der Waals surface area contributed by atoms with Gasteiger partial charge in [-0.1, -0.05) is 0 Å². The van der Waals surface area contributed by atoms with Crippen molar-refractivity contribution in [1.29, 1.82) is 0 Å². The van der Waals surface area contributed by atoms with Crippen LogP contribution in [-0.4, -0.2) is 23.7 Å². The van der Waals surface area contributed by atoms with Crippen LogP contribution in [0.2, 0.25) is 0 Å². The maximum Gasteiger partial charge on any atom is 0.338 e. The number of aromatic carboxylic acids is 1. The van der Waals surface area contributed by atoms with E-state index in [0.29, 0.717) is 12.2 Å². The Kier molecular flexibility index (Phi) is 5.67. The van der Waals surface area contributed by atoms with Gasteiger partial charge in [0.05, 0.1) is 17.7 Å². The molecule has 0 atom stereocenters. The molecule has 0 amide bonds. The molecule has 5 heteroatoms. The zero-order valence-corrected chi connectivity index (χ0v) is 8.93. The van der Waals surface area contributed by atoms with Gasteiger partial charge in [-0.15, -0.1) is 0 Å². The number of ether oxygens (including phenoxy) is 1. The minimum atomic E-state index is -1.01. The summed E-state index contributed by atoms with van der Waals surface area (Å²) in [6, 6.07) is 5.60. The number of carbonyl (C=O) groups excluding carboxylic acids is 1. The van der Waals surface area contributed by atoms with Crippen LogP contribution in [0, 0.1) is 0 Å². The summed E-state index contributed by atoms with van der Waals surface area (Å²) in [6.45, 7) is 2.02. The number of carboxylic acids is 1. The summed E-state index contributed by atoms with van der Waals surface area (Å²) in [5, 5.41) is 8.60. The van der Waals surface area contributed by atoms with E-state index < -0.39 is 11.9 Å². The molecule has 0 heterocycles. The summed E-state index contributed by atoms with van der Waals surface area (Å²) in [4.78, 5) is 21.6. The molecule has 0 unspecified atom stereocenters. The van der Waals surface area contributed by atoms with Crippen molar-refractivity contribution in [3.05, 3.63) is 35.4 Å². The first-order valence-electron chi connectivity index (χ1n) is 4.15. The predicted octanol–water partition coefficient (Wildman–Crippen LogP) is 1.56. The maximum atomic E-state index is 11.2. The summed E-state index contributed by atoms with van der Waals surface area (Å²) in [5.41, 5.74) is 0.509. The van der Waals surface area contributed by atoms with Gasteiger partial charge in [0.1, 0.15) is 0 Å². The van der Waals surface area contributed by atoms with Crippen LogP contribution in [0.1, 0.15) is 27.6 Å². The molecule has 0 bridgehead atoms. The molecule has 1 radical (unpaired) electrons. The molecule has 85 valence electrons.